The molecule has 6 nitrogen and oxygen atoms in total. The van der Waals surface area contributed by atoms with Gasteiger partial charge in [-0.25, -0.2) is 17.5 Å². The molecule has 0 N–H and O–H groups in total. The van der Waals surface area contributed by atoms with E-state index in [1.165, 1.54) is 17.0 Å². The molecule has 0 aromatic heterocycles. The smallest absolute Gasteiger partial charge is 0.324 e. The summed E-state index contributed by atoms with van der Waals surface area (Å²) in [5.41, 5.74) is 1.28. The Balaban J connectivity index is 1.95. The summed E-state index contributed by atoms with van der Waals surface area (Å²) in [6, 6.07) is 14.0. The van der Waals surface area contributed by atoms with Gasteiger partial charge in [0.05, 0.1) is 4.90 Å². The van der Waals surface area contributed by atoms with Gasteiger partial charge in [-0.3, -0.25) is 4.79 Å². The Bertz CT molecular complexity index is 918. The zero-order chi connectivity index (χ0) is 19.4. The maximum Gasteiger partial charge on any atom is 0.334 e. The first kappa shape index (κ1) is 19.1. The number of hydrogen-bond acceptors (Lipinski definition) is 4. The van der Waals surface area contributed by atoms with Crippen LogP contribution in [-0.2, 0) is 10.0 Å². The van der Waals surface area contributed by atoms with Gasteiger partial charge in [0.1, 0.15) is 6.54 Å². The second-order valence-electron chi connectivity index (χ2n) is 6.59. The van der Waals surface area contributed by atoms with E-state index >= 15 is 0 Å². The largest absolute Gasteiger partial charge is 0.334 e. The number of benzene rings is 2. The van der Waals surface area contributed by atoms with Crippen LogP contribution in [0.25, 0.3) is 0 Å². The van der Waals surface area contributed by atoms with Gasteiger partial charge in [0.2, 0.25) is 0 Å². The predicted molar refractivity (Wildman–Crippen MR) is 102 cm³/mol. The normalized spacial score (nSPS) is 14.2. The number of carbonyl (C=O) groups excluding carboxylic acids is 2. The minimum Gasteiger partial charge on any atom is -0.324 e. The number of rotatable bonds is 5. The van der Waals surface area contributed by atoms with Crippen LogP contribution in [0.5, 0.6) is 0 Å². The Kier molecular flexibility index (Phi) is 5.60. The molecule has 0 saturated carbocycles. The summed E-state index contributed by atoms with van der Waals surface area (Å²) in [5, 5.41) is 0. The van der Waals surface area contributed by atoms with Crippen molar-refractivity contribution in [3.8, 4) is 0 Å². The number of carbonyl (C=O) groups is 2. The second-order valence-corrected chi connectivity index (χ2v) is 8.45. The van der Waals surface area contributed by atoms with Crippen LogP contribution in [0, 0.1) is 6.92 Å². The highest BCUT2D eigenvalue weighted by atomic mass is 32.2. The van der Waals surface area contributed by atoms with Gasteiger partial charge in [0.15, 0.2) is 5.78 Å². The van der Waals surface area contributed by atoms with Crippen molar-refractivity contribution in [2.24, 2.45) is 0 Å². The lowest BCUT2D eigenvalue weighted by atomic mass is 10.1. The minimum atomic E-state index is -4.14. The topological polar surface area (TPSA) is 74.8 Å². The zero-order valence-corrected chi connectivity index (χ0v) is 16.0. The van der Waals surface area contributed by atoms with Gasteiger partial charge in [0.25, 0.3) is 10.0 Å². The van der Waals surface area contributed by atoms with Crippen molar-refractivity contribution in [2.75, 3.05) is 19.6 Å². The predicted octanol–water partition coefficient (Wildman–Crippen LogP) is 3.08. The summed E-state index contributed by atoms with van der Waals surface area (Å²) in [6.07, 6.45) is 1.66. The van der Waals surface area contributed by atoms with Crippen molar-refractivity contribution in [1.82, 2.24) is 9.21 Å². The van der Waals surface area contributed by atoms with Gasteiger partial charge in [-0.1, -0.05) is 48.0 Å². The number of urea groups is 1. The average Bonchev–Trinajstić information content (AvgIpc) is 3.21. The molecule has 1 aliphatic rings. The molecular formula is C20H22N2O4S. The third kappa shape index (κ3) is 4.19. The molecule has 2 aromatic rings. The molecule has 1 fully saturated rings. The first-order chi connectivity index (χ1) is 12.9. The number of likely N-dealkylation sites (tertiary alicyclic amines) is 1. The first-order valence-corrected chi connectivity index (χ1v) is 10.3. The zero-order valence-electron chi connectivity index (χ0n) is 15.2. The van der Waals surface area contributed by atoms with E-state index in [1.54, 1.807) is 42.5 Å². The molecule has 0 unspecified atom stereocenters. The van der Waals surface area contributed by atoms with Crippen molar-refractivity contribution in [2.45, 2.75) is 24.7 Å². The molecule has 7 heteroatoms. The molecular weight excluding hydrogens is 364 g/mol. The van der Waals surface area contributed by atoms with Gasteiger partial charge in [0, 0.05) is 18.7 Å². The van der Waals surface area contributed by atoms with Crippen molar-refractivity contribution < 1.29 is 18.0 Å². The van der Waals surface area contributed by atoms with Crippen molar-refractivity contribution in [1.29, 1.82) is 0 Å². The van der Waals surface area contributed by atoms with Gasteiger partial charge in [-0.05, 0) is 31.9 Å². The third-order valence-corrected chi connectivity index (χ3v) is 6.32. The molecule has 0 bridgehead atoms. The van der Waals surface area contributed by atoms with E-state index in [0.717, 1.165) is 18.4 Å². The fourth-order valence-electron chi connectivity index (χ4n) is 3.00. The second kappa shape index (κ2) is 7.92. The minimum absolute atomic E-state index is 0.00140. The SMILES string of the molecule is Cc1ccc(S(=O)(=O)N(CC(=O)c2ccccc2)C(=O)N2CCCC2)cc1. The van der Waals surface area contributed by atoms with Gasteiger partial charge in [-0.2, -0.15) is 0 Å². The van der Waals surface area contributed by atoms with Gasteiger partial charge >= 0.3 is 6.03 Å². The molecule has 2 aromatic carbocycles. The molecule has 1 aliphatic heterocycles. The standard InChI is InChI=1S/C20H22N2O4S/c1-16-9-11-18(12-10-16)27(25,26)22(20(24)21-13-5-6-14-21)15-19(23)17-7-3-2-4-8-17/h2-4,7-12H,5-6,13-15H2,1H3. The van der Waals surface area contributed by atoms with Crippen LogP contribution in [0.15, 0.2) is 59.5 Å². The quantitative estimate of drug-likeness (QED) is 0.740. The number of amides is 2. The van der Waals surface area contributed by atoms with Gasteiger partial charge < -0.3 is 4.90 Å². The maximum atomic E-state index is 13.1. The van der Waals surface area contributed by atoms with Crippen LogP contribution in [-0.4, -0.2) is 49.1 Å². The van der Waals surface area contributed by atoms with Crippen LogP contribution in [0.4, 0.5) is 4.79 Å². The van der Waals surface area contributed by atoms with E-state index in [2.05, 4.69) is 0 Å². The van der Waals surface area contributed by atoms with Crippen molar-refractivity contribution in [3.05, 3.63) is 65.7 Å². The highest BCUT2D eigenvalue weighted by Gasteiger charge is 2.35. The fraction of sp³-hybridized carbons (Fsp3) is 0.300. The number of sulfonamides is 1. The van der Waals surface area contributed by atoms with E-state index < -0.39 is 28.4 Å². The van der Waals surface area contributed by atoms with E-state index in [1.807, 2.05) is 6.92 Å². The third-order valence-electron chi connectivity index (χ3n) is 4.58. The summed E-state index contributed by atoms with van der Waals surface area (Å²) >= 11 is 0. The van der Waals surface area contributed by atoms with Crippen LogP contribution in [0.3, 0.4) is 0 Å². The molecule has 2 amide bonds. The van der Waals surface area contributed by atoms with Gasteiger partial charge in [-0.15, -0.1) is 0 Å². The molecule has 142 valence electrons. The van der Waals surface area contributed by atoms with E-state index in [9.17, 15) is 18.0 Å². The number of hydrogen-bond donors (Lipinski definition) is 0. The Morgan fingerprint density at radius 2 is 1.56 bits per heavy atom. The Labute approximate surface area is 159 Å². The molecule has 0 spiro atoms. The van der Waals surface area contributed by atoms with Crippen molar-refractivity contribution >= 4 is 21.8 Å². The molecule has 0 aliphatic carbocycles. The highest BCUT2D eigenvalue weighted by Crippen LogP contribution is 2.21. The molecule has 1 heterocycles. The lowest BCUT2D eigenvalue weighted by molar-refractivity contribution is 0.0963. The molecule has 0 atom stereocenters. The summed E-state index contributed by atoms with van der Waals surface area (Å²) in [7, 11) is -4.14. The lowest BCUT2D eigenvalue weighted by Crippen LogP contribution is -2.47. The van der Waals surface area contributed by atoms with Crippen LogP contribution in [0.1, 0.15) is 28.8 Å². The molecule has 0 radical (unpaired) electrons. The maximum absolute atomic E-state index is 13.1. The average molecular weight is 386 g/mol. The highest BCUT2D eigenvalue weighted by molar-refractivity contribution is 7.89. The fourth-order valence-corrected chi connectivity index (χ4v) is 4.35. The number of aryl methyl sites for hydroxylation is 1. The summed E-state index contributed by atoms with van der Waals surface area (Å²) in [6.45, 7) is 2.33. The molecule has 27 heavy (non-hydrogen) atoms. The summed E-state index contributed by atoms with van der Waals surface area (Å²) < 4.78 is 27.0. The Morgan fingerprint density at radius 1 is 0.963 bits per heavy atom. The van der Waals surface area contributed by atoms with E-state index in [4.69, 9.17) is 0 Å². The Morgan fingerprint density at radius 3 is 2.15 bits per heavy atom. The van der Waals surface area contributed by atoms with E-state index in [-0.39, 0.29) is 4.90 Å². The van der Waals surface area contributed by atoms with Crippen LogP contribution >= 0.6 is 0 Å². The van der Waals surface area contributed by atoms with Crippen LogP contribution < -0.4 is 0 Å². The summed E-state index contributed by atoms with van der Waals surface area (Å²) in [4.78, 5) is 27.0. The molecule has 3 rings (SSSR count). The lowest BCUT2D eigenvalue weighted by Gasteiger charge is -2.27. The first-order valence-electron chi connectivity index (χ1n) is 8.86. The molecule has 1 saturated heterocycles. The van der Waals surface area contributed by atoms with Crippen molar-refractivity contribution in [3.63, 3.8) is 0 Å². The van der Waals surface area contributed by atoms with E-state index in [0.29, 0.717) is 23.0 Å². The Hall–Kier alpha value is -2.67. The monoisotopic (exact) mass is 386 g/mol. The van der Waals surface area contributed by atoms with Crippen LogP contribution in [0.2, 0.25) is 0 Å². The number of nitrogens with zero attached hydrogens (tertiary/aromatic N) is 2. The number of Topliss-reactive ketones (excluding diaryl/α,β-unsaturated/α-hetero) is 1. The number of ketones is 1. The summed E-state index contributed by atoms with van der Waals surface area (Å²) in [5.74, 6) is -0.418.